The molecule has 4 nitrogen and oxygen atoms in total. The summed E-state index contributed by atoms with van der Waals surface area (Å²) in [5.74, 6) is 0. The van der Waals surface area contributed by atoms with E-state index in [2.05, 4.69) is 13.8 Å². The average Bonchev–Trinajstić information content (AvgIpc) is 2.42. The lowest BCUT2D eigenvalue weighted by Crippen LogP contribution is -2.19. The van der Waals surface area contributed by atoms with Crippen molar-refractivity contribution in [2.45, 2.75) is 63.7 Å². The first-order valence-electron chi connectivity index (χ1n) is 7.52. The van der Waals surface area contributed by atoms with Gasteiger partial charge in [0.2, 0.25) is 0 Å². The second-order valence-electron chi connectivity index (χ2n) is 4.87. The normalized spacial score (nSPS) is 14.0. The van der Waals surface area contributed by atoms with Crippen molar-refractivity contribution in [1.82, 2.24) is 0 Å². The number of carbonyl (C=O) groups excluding carboxylic acids is 1. The molecule has 0 N–H and O–H groups in total. The Morgan fingerprint density at radius 1 is 0.950 bits per heavy atom. The molecule has 120 valence electrons. The molecule has 5 heteroatoms. The minimum Gasteiger partial charge on any atom is -0.454 e. The molecule has 0 rings (SSSR count). The number of hydrogen-bond donors (Lipinski definition) is 0. The van der Waals surface area contributed by atoms with Crippen LogP contribution in [0.2, 0.25) is 0 Å². The molecule has 0 aromatic rings. The maximum atomic E-state index is 12.0. The zero-order chi connectivity index (χ0) is 15.2. The Morgan fingerprint density at radius 2 is 1.55 bits per heavy atom. The van der Waals surface area contributed by atoms with Gasteiger partial charge in [-0.05, 0) is 31.0 Å². The lowest BCUT2D eigenvalue weighted by Gasteiger charge is -2.19. The van der Waals surface area contributed by atoms with E-state index in [1.807, 2.05) is 0 Å². The minimum absolute atomic E-state index is 0.0235. The quantitative estimate of drug-likeness (QED) is 0.504. The summed E-state index contributed by atoms with van der Waals surface area (Å²) in [4.78, 5) is 12.0. The van der Waals surface area contributed by atoms with Gasteiger partial charge in [-0.25, -0.2) is 4.79 Å². The fourth-order valence-electron chi connectivity index (χ4n) is 1.97. The molecule has 0 fully saturated rings. The van der Waals surface area contributed by atoms with E-state index in [9.17, 15) is 4.79 Å². The highest BCUT2D eigenvalue weighted by molar-refractivity contribution is 8.13. The van der Waals surface area contributed by atoms with Crippen LogP contribution in [-0.2, 0) is 14.2 Å². The van der Waals surface area contributed by atoms with E-state index in [1.54, 1.807) is 14.2 Å². The fraction of sp³-hybridized carbons (Fsp3) is 0.933. The molecule has 0 aliphatic heterocycles. The smallest absolute Gasteiger partial charge is 0.367 e. The minimum atomic E-state index is -0.158. The number of ether oxygens (including phenoxy) is 3. The topological polar surface area (TPSA) is 44.8 Å². The van der Waals surface area contributed by atoms with Gasteiger partial charge in [-0.1, -0.05) is 26.7 Å². The zero-order valence-corrected chi connectivity index (χ0v) is 14.2. The van der Waals surface area contributed by atoms with Crippen molar-refractivity contribution in [2.24, 2.45) is 0 Å². The van der Waals surface area contributed by atoms with Gasteiger partial charge in [0.1, 0.15) is 6.10 Å². The Balaban J connectivity index is 4.16. The number of rotatable bonds is 12. The molecule has 0 saturated carbocycles. The predicted octanol–water partition coefficient (Wildman–Crippen LogP) is 4.27. The fourth-order valence-corrected chi connectivity index (χ4v) is 3.00. The monoisotopic (exact) mass is 306 g/mol. The molecule has 20 heavy (non-hydrogen) atoms. The van der Waals surface area contributed by atoms with E-state index >= 15 is 0 Å². The van der Waals surface area contributed by atoms with E-state index < -0.39 is 0 Å². The van der Waals surface area contributed by atoms with Crippen LogP contribution in [0, 0.1) is 0 Å². The van der Waals surface area contributed by atoms with Crippen molar-refractivity contribution in [1.29, 1.82) is 0 Å². The van der Waals surface area contributed by atoms with Crippen molar-refractivity contribution in [3.8, 4) is 0 Å². The highest BCUT2D eigenvalue weighted by Crippen LogP contribution is 2.24. The summed E-state index contributed by atoms with van der Waals surface area (Å²) in [6, 6.07) is 0. The highest BCUT2D eigenvalue weighted by atomic mass is 32.2. The second kappa shape index (κ2) is 13.7. The molecule has 0 aromatic heterocycles. The van der Waals surface area contributed by atoms with Gasteiger partial charge >= 0.3 is 5.30 Å². The van der Waals surface area contributed by atoms with E-state index in [0.29, 0.717) is 13.2 Å². The first-order valence-corrected chi connectivity index (χ1v) is 8.40. The summed E-state index contributed by atoms with van der Waals surface area (Å²) in [5.41, 5.74) is 0. The molecule has 2 atom stereocenters. The van der Waals surface area contributed by atoms with Gasteiger partial charge in [0.25, 0.3) is 0 Å². The molecule has 0 aromatic carbocycles. The van der Waals surface area contributed by atoms with Crippen LogP contribution in [0.15, 0.2) is 0 Å². The van der Waals surface area contributed by atoms with Crippen LogP contribution in [0.4, 0.5) is 4.79 Å². The van der Waals surface area contributed by atoms with Gasteiger partial charge in [0.05, 0.1) is 0 Å². The lowest BCUT2D eigenvalue weighted by atomic mass is 10.1. The molecular weight excluding hydrogens is 276 g/mol. The predicted molar refractivity (Wildman–Crippen MR) is 84.5 cm³/mol. The van der Waals surface area contributed by atoms with E-state index in [0.717, 1.165) is 38.5 Å². The third kappa shape index (κ3) is 10.5. The van der Waals surface area contributed by atoms with Crippen LogP contribution >= 0.6 is 11.8 Å². The average molecular weight is 306 g/mol. The van der Waals surface area contributed by atoms with Crippen molar-refractivity contribution in [2.75, 3.05) is 27.4 Å². The lowest BCUT2D eigenvalue weighted by molar-refractivity contribution is 0.0835. The van der Waals surface area contributed by atoms with Crippen LogP contribution in [0.5, 0.6) is 0 Å². The maximum Gasteiger partial charge on any atom is 0.367 e. The van der Waals surface area contributed by atoms with Gasteiger partial charge in [0.15, 0.2) is 0 Å². The molecule has 0 aliphatic carbocycles. The van der Waals surface area contributed by atoms with Gasteiger partial charge in [-0.2, -0.15) is 0 Å². The van der Waals surface area contributed by atoms with Crippen molar-refractivity contribution < 1.29 is 19.0 Å². The second-order valence-corrected chi connectivity index (χ2v) is 6.11. The van der Waals surface area contributed by atoms with Gasteiger partial charge in [-0.3, -0.25) is 0 Å². The number of carbonyl (C=O) groups is 1. The number of hydrogen-bond acceptors (Lipinski definition) is 5. The number of thioether (sulfide) groups is 1. The first kappa shape index (κ1) is 19.7. The summed E-state index contributed by atoms with van der Waals surface area (Å²) in [6.07, 6.45) is 5.62. The van der Waals surface area contributed by atoms with Crippen LogP contribution in [0.1, 0.15) is 52.4 Å². The highest BCUT2D eigenvalue weighted by Gasteiger charge is 2.19. The first-order chi connectivity index (χ1) is 9.67. The van der Waals surface area contributed by atoms with Crippen molar-refractivity contribution >= 4 is 17.1 Å². The molecular formula is C15H30O4S. The van der Waals surface area contributed by atoms with Gasteiger partial charge < -0.3 is 14.2 Å². The largest absolute Gasteiger partial charge is 0.454 e. The summed E-state index contributed by atoms with van der Waals surface area (Å²) >= 11 is 1.31. The standard InChI is InChI=1S/C15H30O4S/c1-5-7-13(9-11-17-3)19-15(16)20-14(8-6-2)10-12-18-4/h13-14H,5-12H2,1-4H3/t13-,14-/m0/s1. The summed E-state index contributed by atoms with van der Waals surface area (Å²) in [7, 11) is 3.36. The van der Waals surface area contributed by atoms with Crippen molar-refractivity contribution in [3.05, 3.63) is 0 Å². The van der Waals surface area contributed by atoms with Crippen molar-refractivity contribution in [3.63, 3.8) is 0 Å². The summed E-state index contributed by atoms with van der Waals surface area (Å²) < 4.78 is 15.7. The third-order valence-electron chi connectivity index (χ3n) is 3.03. The molecule has 0 unspecified atom stereocenters. The SMILES string of the molecule is CCC[C@@H](CCOC)OC(=O)S[C@@H](CCC)CCOC. The Morgan fingerprint density at radius 3 is 2.10 bits per heavy atom. The summed E-state index contributed by atoms with van der Waals surface area (Å²) in [5, 5.41) is 0.131. The van der Waals surface area contributed by atoms with E-state index in [4.69, 9.17) is 14.2 Å². The number of methoxy groups -OCH3 is 2. The summed E-state index contributed by atoms with van der Waals surface area (Å²) in [6.45, 7) is 5.54. The Hall–Kier alpha value is -0.260. The van der Waals surface area contributed by atoms with Crippen LogP contribution in [0.25, 0.3) is 0 Å². The third-order valence-corrected chi connectivity index (χ3v) is 4.13. The van der Waals surface area contributed by atoms with Crippen LogP contribution in [-0.4, -0.2) is 44.1 Å². The Bertz CT molecular complexity index is 214. The van der Waals surface area contributed by atoms with E-state index in [1.165, 1.54) is 11.8 Å². The molecule has 0 heterocycles. The molecule has 0 radical (unpaired) electrons. The van der Waals surface area contributed by atoms with Gasteiger partial charge in [-0.15, -0.1) is 0 Å². The molecule has 0 spiro atoms. The van der Waals surface area contributed by atoms with E-state index in [-0.39, 0.29) is 16.7 Å². The molecule has 0 amide bonds. The molecule has 0 saturated heterocycles. The molecule has 0 aliphatic rings. The van der Waals surface area contributed by atoms with Crippen LogP contribution in [0.3, 0.4) is 0 Å². The van der Waals surface area contributed by atoms with Crippen LogP contribution < -0.4 is 0 Å². The Kier molecular flexibility index (Phi) is 13.5. The Labute approximate surface area is 127 Å². The maximum absolute atomic E-state index is 12.0. The zero-order valence-electron chi connectivity index (χ0n) is 13.4. The van der Waals surface area contributed by atoms with Gasteiger partial charge in [0, 0.05) is 39.1 Å². The molecule has 0 bridgehead atoms.